The van der Waals surface area contributed by atoms with Crippen molar-refractivity contribution in [3.05, 3.63) is 41.0 Å². The van der Waals surface area contributed by atoms with Gasteiger partial charge >= 0.3 is 0 Å². The zero-order valence-electron chi connectivity index (χ0n) is 18.0. The number of hydrogen-bond acceptors (Lipinski definition) is 7. The van der Waals surface area contributed by atoms with Gasteiger partial charge in [0.1, 0.15) is 0 Å². The average Bonchev–Trinajstić information content (AvgIpc) is 2.72. The summed E-state index contributed by atoms with van der Waals surface area (Å²) in [5, 5.41) is 0. The second-order valence-electron chi connectivity index (χ2n) is 6.60. The number of ketones is 1. The summed E-state index contributed by atoms with van der Waals surface area (Å²) in [7, 11) is 9.78. The van der Waals surface area contributed by atoms with Crippen LogP contribution in [-0.2, 0) is 0 Å². The number of carbonyl (C=O) groups is 1. The van der Waals surface area contributed by atoms with Gasteiger partial charge in [0.2, 0.25) is 11.5 Å². The van der Waals surface area contributed by atoms with E-state index >= 15 is 0 Å². The molecule has 2 aromatic carbocycles. The molecule has 0 radical (unpaired) electrons. The van der Waals surface area contributed by atoms with Crippen LogP contribution < -0.4 is 29.6 Å². The number of nitrogens with zero attached hydrogens (tertiary/aromatic N) is 1. The van der Waals surface area contributed by atoms with Crippen LogP contribution in [0, 0.1) is 0 Å². The summed E-state index contributed by atoms with van der Waals surface area (Å²) in [4.78, 5) is 15.1. The monoisotopic (exact) mass is 400 g/mol. The lowest BCUT2D eigenvalue weighted by Crippen LogP contribution is -2.11. The van der Waals surface area contributed by atoms with Gasteiger partial charge in [-0.2, -0.15) is 0 Å². The van der Waals surface area contributed by atoms with E-state index in [2.05, 4.69) is 0 Å². The van der Waals surface area contributed by atoms with Crippen LogP contribution >= 0.6 is 0 Å². The highest BCUT2D eigenvalue weighted by Gasteiger charge is 2.25. The molecule has 0 aliphatic carbocycles. The Hall–Kier alpha value is -3.35. The molecule has 0 spiro atoms. The Labute approximate surface area is 171 Å². The van der Waals surface area contributed by atoms with Gasteiger partial charge in [-0.05, 0) is 42.3 Å². The molecule has 0 saturated carbocycles. The van der Waals surface area contributed by atoms with Crippen molar-refractivity contribution in [1.29, 1.82) is 0 Å². The van der Waals surface area contributed by atoms with E-state index < -0.39 is 0 Å². The average molecular weight is 400 g/mol. The minimum absolute atomic E-state index is 0.218. The van der Waals surface area contributed by atoms with Gasteiger partial charge in [0, 0.05) is 14.1 Å². The fraction of sp³-hybridized carbons (Fsp3) is 0.318. The van der Waals surface area contributed by atoms with Crippen LogP contribution in [0.2, 0.25) is 0 Å². The lowest BCUT2D eigenvalue weighted by molar-refractivity contribution is 0.103. The van der Waals surface area contributed by atoms with Gasteiger partial charge in [0.25, 0.3) is 0 Å². The summed E-state index contributed by atoms with van der Waals surface area (Å²) in [5.41, 5.74) is 9.26. The molecule has 156 valence electrons. The summed E-state index contributed by atoms with van der Waals surface area (Å²) in [5.74, 6) is 1.11. The van der Waals surface area contributed by atoms with Gasteiger partial charge in [0.15, 0.2) is 17.3 Å². The summed E-state index contributed by atoms with van der Waals surface area (Å²) in [6.07, 6.45) is 1.80. The molecule has 0 heterocycles. The molecule has 0 unspecified atom stereocenters. The zero-order valence-corrected chi connectivity index (χ0v) is 18.0. The van der Waals surface area contributed by atoms with Crippen LogP contribution in [0.5, 0.6) is 23.0 Å². The lowest BCUT2D eigenvalue weighted by Gasteiger charge is -2.18. The first-order valence-electron chi connectivity index (χ1n) is 8.95. The molecule has 29 heavy (non-hydrogen) atoms. The van der Waals surface area contributed by atoms with Crippen molar-refractivity contribution < 1.29 is 23.7 Å². The maximum absolute atomic E-state index is 13.2. The number of carbonyl (C=O) groups excluding carboxylic acids is 1. The van der Waals surface area contributed by atoms with Crippen molar-refractivity contribution in [2.75, 3.05) is 53.2 Å². The highest BCUT2D eigenvalue weighted by molar-refractivity contribution is 6.13. The number of anilines is 2. The van der Waals surface area contributed by atoms with Gasteiger partial charge in [-0.15, -0.1) is 0 Å². The first-order chi connectivity index (χ1) is 13.8. The molecule has 0 atom stereocenters. The van der Waals surface area contributed by atoms with Crippen LogP contribution in [0.1, 0.15) is 22.8 Å². The molecule has 0 aliphatic rings. The summed E-state index contributed by atoms with van der Waals surface area (Å²) >= 11 is 0. The van der Waals surface area contributed by atoms with Gasteiger partial charge in [-0.25, -0.2) is 0 Å². The van der Waals surface area contributed by atoms with E-state index in [0.29, 0.717) is 34.1 Å². The smallest absolute Gasteiger partial charge is 0.208 e. The number of hydrogen-bond donors (Lipinski definition) is 1. The molecule has 2 aromatic rings. The van der Waals surface area contributed by atoms with Crippen molar-refractivity contribution in [2.24, 2.45) is 0 Å². The molecule has 0 bridgehead atoms. The molecule has 0 saturated heterocycles. The fourth-order valence-electron chi connectivity index (χ4n) is 3.07. The van der Waals surface area contributed by atoms with Crippen molar-refractivity contribution >= 4 is 23.2 Å². The van der Waals surface area contributed by atoms with E-state index in [0.717, 1.165) is 11.3 Å². The molecule has 7 heteroatoms. The largest absolute Gasteiger partial charge is 0.493 e. The Balaban J connectivity index is 2.56. The molecule has 0 fully saturated rings. The third-order valence-electron chi connectivity index (χ3n) is 4.51. The summed E-state index contributed by atoms with van der Waals surface area (Å²) in [6, 6.07) is 7.21. The number of nitrogen functional groups attached to an aromatic ring is 1. The van der Waals surface area contributed by atoms with Crippen LogP contribution in [0.3, 0.4) is 0 Å². The van der Waals surface area contributed by atoms with Gasteiger partial charge in [-0.1, -0.05) is 6.07 Å². The Morgan fingerprint density at radius 1 is 0.931 bits per heavy atom. The number of benzene rings is 2. The van der Waals surface area contributed by atoms with E-state index in [-0.39, 0.29) is 11.5 Å². The van der Waals surface area contributed by atoms with Crippen LogP contribution in [0.25, 0.3) is 6.08 Å². The Kier molecular flexibility index (Phi) is 6.98. The maximum Gasteiger partial charge on any atom is 0.208 e. The fourth-order valence-corrected chi connectivity index (χ4v) is 3.07. The van der Waals surface area contributed by atoms with Crippen molar-refractivity contribution in [3.8, 4) is 23.0 Å². The standard InChI is InChI=1S/C22H28N2O5/c1-13(10-14-8-9-16(23)17(11-14)24(2)3)19(25)15-12-18(26-4)21(28-6)22(29-7)20(15)27-5/h8-12H,23H2,1-7H3. The van der Waals surface area contributed by atoms with Crippen LogP contribution in [-0.4, -0.2) is 48.3 Å². The Bertz CT molecular complexity index is 935. The van der Waals surface area contributed by atoms with Gasteiger partial charge < -0.3 is 29.6 Å². The van der Waals surface area contributed by atoms with E-state index in [1.807, 2.05) is 37.2 Å². The zero-order chi connectivity index (χ0) is 21.7. The molecular formula is C22H28N2O5. The predicted octanol–water partition coefficient (Wildman–Crippen LogP) is 3.66. The van der Waals surface area contributed by atoms with E-state index in [4.69, 9.17) is 24.7 Å². The minimum atomic E-state index is -0.218. The third kappa shape index (κ3) is 4.39. The van der Waals surface area contributed by atoms with Gasteiger partial charge in [0.05, 0.1) is 45.4 Å². The van der Waals surface area contributed by atoms with Crippen LogP contribution in [0.15, 0.2) is 29.8 Å². The highest BCUT2D eigenvalue weighted by atomic mass is 16.5. The van der Waals surface area contributed by atoms with Crippen LogP contribution in [0.4, 0.5) is 11.4 Å². The quantitative estimate of drug-likeness (QED) is 0.411. The minimum Gasteiger partial charge on any atom is -0.493 e. The molecule has 2 N–H and O–H groups in total. The van der Waals surface area contributed by atoms with Gasteiger partial charge in [-0.3, -0.25) is 4.79 Å². The number of Topliss-reactive ketones (excluding diaryl/α,β-unsaturated/α-hetero) is 1. The summed E-state index contributed by atoms with van der Waals surface area (Å²) in [6.45, 7) is 1.75. The molecule has 7 nitrogen and oxygen atoms in total. The number of nitrogens with two attached hydrogens (primary N) is 1. The van der Waals surface area contributed by atoms with Crippen molar-refractivity contribution in [3.63, 3.8) is 0 Å². The highest BCUT2D eigenvalue weighted by Crippen LogP contribution is 2.47. The lowest BCUT2D eigenvalue weighted by atomic mass is 9.99. The second-order valence-corrected chi connectivity index (χ2v) is 6.60. The first-order valence-corrected chi connectivity index (χ1v) is 8.95. The van der Waals surface area contributed by atoms with E-state index in [1.54, 1.807) is 19.1 Å². The molecule has 0 aromatic heterocycles. The topological polar surface area (TPSA) is 83.3 Å². The predicted molar refractivity (Wildman–Crippen MR) is 116 cm³/mol. The maximum atomic E-state index is 13.2. The third-order valence-corrected chi connectivity index (χ3v) is 4.51. The number of methoxy groups -OCH3 is 4. The Morgan fingerprint density at radius 3 is 2.07 bits per heavy atom. The molecule has 0 amide bonds. The molecule has 2 rings (SSSR count). The summed E-state index contributed by atoms with van der Waals surface area (Å²) < 4.78 is 21.6. The normalized spacial score (nSPS) is 11.1. The second kappa shape index (κ2) is 9.23. The number of allylic oxidation sites excluding steroid dienone is 1. The number of ether oxygens (including phenoxy) is 4. The first kappa shape index (κ1) is 21.9. The molecule has 0 aliphatic heterocycles. The number of rotatable bonds is 8. The molecular weight excluding hydrogens is 372 g/mol. The Morgan fingerprint density at radius 2 is 1.55 bits per heavy atom. The van der Waals surface area contributed by atoms with E-state index in [9.17, 15) is 4.79 Å². The SMILES string of the molecule is COc1cc(C(=O)C(C)=Cc2ccc(N)c(N(C)C)c2)c(OC)c(OC)c1OC. The van der Waals surface area contributed by atoms with E-state index in [1.165, 1.54) is 28.4 Å². The van der Waals surface area contributed by atoms with Crippen molar-refractivity contribution in [1.82, 2.24) is 0 Å². The van der Waals surface area contributed by atoms with Crippen molar-refractivity contribution in [2.45, 2.75) is 6.92 Å².